The molecule has 0 fully saturated rings. The van der Waals surface area contributed by atoms with Gasteiger partial charge in [0.1, 0.15) is 0 Å². The van der Waals surface area contributed by atoms with Crippen molar-refractivity contribution >= 4 is 66.9 Å². The number of anilines is 2. The highest BCUT2D eigenvalue weighted by Gasteiger charge is 2.20. The maximum absolute atomic E-state index is 4.37. The summed E-state index contributed by atoms with van der Waals surface area (Å²) in [7, 11) is 0. The van der Waals surface area contributed by atoms with E-state index in [1.54, 1.807) is 17.8 Å². The Balaban J connectivity index is 1.47. The summed E-state index contributed by atoms with van der Waals surface area (Å²) in [5.74, 6) is 0. The zero-order valence-electron chi connectivity index (χ0n) is 29.1. The Kier molecular flexibility index (Phi) is 9.74. The van der Waals surface area contributed by atoms with Crippen LogP contribution in [0.25, 0.3) is 60.5 Å². The van der Waals surface area contributed by atoms with E-state index in [4.69, 9.17) is 0 Å². The SMILES string of the molecule is C=C/C=C\C=C(/C)c1cc(-c2ccc3c(c2)c2ccc(C(=C)C=C)c(S/C=C\C)c2n3-c2ccc3ccccc3c2)ccc1Nc1ccccc1. The predicted molar refractivity (Wildman–Crippen MR) is 226 cm³/mol. The number of para-hydroxylation sites is 1. The van der Waals surface area contributed by atoms with Gasteiger partial charge in [0.05, 0.1) is 11.0 Å². The second-order valence-corrected chi connectivity index (χ2v) is 13.4. The summed E-state index contributed by atoms with van der Waals surface area (Å²) >= 11 is 1.73. The average molecular weight is 677 g/mol. The predicted octanol–water partition coefficient (Wildman–Crippen LogP) is 14.3. The van der Waals surface area contributed by atoms with Crippen molar-refractivity contribution in [1.29, 1.82) is 0 Å². The molecule has 0 saturated carbocycles. The summed E-state index contributed by atoms with van der Waals surface area (Å²) in [5.41, 5.74) is 12.1. The van der Waals surface area contributed by atoms with Crippen molar-refractivity contribution < 1.29 is 0 Å². The first-order valence-electron chi connectivity index (χ1n) is 17.1. The summed E-state index contributed by atoms with van der Waals surface area (Å²) in [5, 5.41) is 10.6. The maximum Gasteiger partial charge on any atom is 0.0686 e. The first-order valence-corrected chi connectivity index (χ1v) is 18.0. The number of nitrogens with one attached hydrogen (secondary N) is 1. The minimum absolute atomic E-state index is 0.906. The highest BCUT2D eigenvalue weighted by atomic mass is 32.2. The van der Waals surface area contributed by atoms with E-state index in [1.807, 2.05) is 36.4 Å². The Morgan fingerprint density at radius 2 is 1.49 bits per heavy atom. The first kappa shape index (κ1) is 33.5. The fourth-order valence-electron chi connectivity index (χ4n) is 6.66. The number of thioether (sulfide) groups is 1. The number of aromatic nitrogens is 1. The number of rotatable bonds is 11. The molecule has 0 aliphatic rings. The Hall–Kier alpha value is -6.03. The van der Waals surface area contributed by atoms with Crippen LogP contribution in [0.1, 0.15) is 25.0 Å². The molecule has 248 valence electrons. The number of benzene rings is 6. The van der Waals surface area contributed by atoms with Crippen molar-refractivity contribution in [3.05, 3.63) is 194 Å². The topological polar surface area (TPSA) is 17.0 Å². The van der Waals surface area contributed by atoms with Gasteiger partial charge in [-0.15, -0.1) is 0 Å². The van der Waals surface area contributed by atoms with E-state index in [9.17, 15) is 0 Å². The van der Waals surface area contributed by atoms with E-state index >= 15 is 0 Å². The molecule has 0 bridgehead atoms. The number of nitrogens with zero attached hydrogens (tertiary/aromatic N) is 1. The monoisotopic (exact) mass is 676 g/mol. The van der Waals surface area contributed by atoms with Crippen LogP contribution in [-0.2, 0) is 0 Å². The molecule has 1 aromatic heterocycles. The van der Waals surface area contributed by atoms with Gasteiger partial charge in [-0.3, -0.25) is 0 Å². The highest BCUT2D eigenvalue weighted by Crippen LogP contribution is 2.43. The molecule has 2 nitrogen and oxygen atoms in total. The van der Waals surface area contributed by atoms with Crippen LogP contribution in [0.4, 0.5) is 11.4 Å². The zero-order valence-corrected chi connectivity index (χ0v) is 29.9. The molecule has 0 aliphatic carbocycles. The minimum Gasteiger partial charge on any atom is -0.355 e. The molecule has 0 unspecified atom stereocenters. The van der Waals surface area contributed by atoms with Crippen molar-refractivity contribution in [2.45, 2.75) is 18.7 Å². The van der Waals surface area contributed by atoms with Gasteiger partial charge in [0.25, 0.3) is 0 Å². The second-order valence-electron chi connectivity index (χ2n) is 12.5. The summed E-state index contributed by atoms with van der Waals surface area (Å²) < 4.78 is 2.42. The van der Waals surface area contributed by atoms with Gasteiger partial charge in [-0.2, -0.15) is 0 Å². The van der Waals surface area contributed by atoms with Crippen LogP contribution in [0.5, 0.6) is 0 Å². The standard InChI is InChI=1S/C48H40N2S/c1-6-9-11-16-34(5)43-31-37(22-27-45(43)49-39-19-12-10-13-20-39)38-23-28-46-44(32-38)42-26-25-41(33(4)8-3)48(51-29-7-2)47(42)50(46)40-24-21-35-17-14-15-18-36(35)30-40/h6-32,49H,1,3-4H2,2,5H3/b11-9-,29-7-,34-16+. The lowest BCUT2D eigenvalue weighted by Gasteiger charge is -2.15. The smallest absolute Gasteiger partial charge is 0.0686 e. The third kappa shape index (κ3) is 6.64. The fourth-order valence-corrected chi connectivity index (χ4v) is 7.57. The van der Waals surface area contributed by atoms with Crippen LogP contribution in [0.2, 0.25) is 0 Å². The lowest BCUT2D eigenvalue weighted by atomic mass is 9.96. The summed E-state index contributed by atoms with van der Waals surface area (Å²) in [4.78, 5) is 1.16. The fraction of sp³-hybridized carbons (Fsp3) is 0.0417. The van der Waals surface area contributed by atoms with Crippen molar-refractivity contribution in [2.24, 2.45) is 0 Å². The van der Waals surface area contributed by atoms with Crippen LogP contribution >= 0.6 is 11.8 Å². The van der Waals surface area contributed by atoms with E-state index < -0.39 is 0 Å². The molecule has 0 radical (unpaired) electrons. The third-order valence-electron chi connectivity index (χ3n) is 9.21. The molecular formula is C48H40N2S. The molecule has 0 saturated heterocycles. The number of hydrogen-bond acceptors (Lipinski definition) is 2. The van der Waals surface area contributed by atoms with Gasteiger partial charge in [0, 0.05) is 38.3 Å². The van der Waals surface area contributed by atoms with Crippen molar-refractivity contribution in [2.75, 3.05) is 5.32 Å². The van der Waals surface area contributed by atoms with Gasteiger partial charge < -0.3 is 9.88 Å². The molecule has 0 aliphatic heterocycles. The first-order chi connectivity index (χ1) is 25.0. The lowest BCUT2D eigenvalue weighted by molar-refractivity contribution is 1.16. The third-order valence-corrected chi connectivity index (χ3v) is 10.3. The molecule has 0 amide bonds. The molecule has 3 heteroatoms. The molecular weight excluding hydrogens is 637 g/mol. The van der Waals surface area contributed by atoms with Crippen molar-refractivity contribution in [3.63, 3.8) is 0 Å². The Bertz CT molecular complexity index is 2540. The summed E-state index contributed by atoms with van der Waals surface area (Å²) in [6, 6.07) is 43.6. The van der Waals surface area contributed by atoms with E-state index in [2.05, 4.69) is 164 Å². The van der Waals surface area contributed by atoms with Gasteiger partial charge in [-0.25, -0.2) is 0 Å². The normalized spacial score (nSPS) is 12.0. The molecule has 7 aromatic rings. The highest BCUT2D eigenvalue weighted by molar-refractivity contribution is 8.02. The van der Waals surface area contributed by atoms with Crippen molar-refractivity contribution in [3.8, 4) is 16.8 Å². The quantitative estimate of drug-likeness (QED) is 0.108. The Labute approximate surface area is 305 Å². The van der Waals surface area contributed by atoms with E-state index in [0.717, 1.165) is 66.4 Å². The van der Waals surface area contributed by atoms with Gasteiger partial charge >= 0.3 is 0 Å². The van der Waals surface area contributed by atoms with Crippen LogP contribution < -0.4 is 5.32 Å². The molecule has 0 spiro atoms. The number of allylic oxidation sites excluding steroid dienone is 8. The van der Waals surface area contributed by atoms with E-state index in [1.165, 1.54) is 21.5 Å². The molecule has 0 atom stereocenters. The molecule has 1 N–H and O–H groups in total. The molecule has 51 heavy (non-hydrogen) atoms. The molecule has 6 aromatic carbocycles. The largest absolute Gasteiger partial charge is 0.355 e. The Morgan fingerprint density at radius 1 is 0.725 bits per heavy atom. The van der Waals surface area contributed by atoms with Crippen LogP contribution in [0.3, 0.4) is 0 Å². The summed E-state index contributed by atoms with van der Waals surface area (Å²) in [6.07, 6.45) is 11.9. The van der Waals surface area contributed by atoms with Gasteiger partial charge in [-0.1, -0.05) is 141 Å². The maximum atomic E-state index is 4.37. The van der Waals surface area contributed by atoms with Crippen LogP contribution in [-0.4, -0.2) is 4.57 Å². The average Bonchev–Trinajstić information content (AvgIpc) is 3.51. The van der Waals surface area contributed by atoms with Gasteiger partial charge in [0.2, 0.25) is 0 Å². The van der Waals surface area contributed by atoms with E-state index in [-0.39, 0.29) is 0 Å². The minimum atomic E-state index is 0.906. The van der Waals surface area contributed by atoms with Crippen LogP contribution in [0, 0.1) is 0 Å². The Morgan fingerprint density at radius 3 is 2.27 bits per heavy atom. The van der Waals surface area contributed by atoms with E-state index in [0.29, 0.717) is 0 Å². The van der Waals surface area contributed by atoms with Gasteiger partial charge in [-0.05, 0) is 106 Å². The molecule has 1 heterocycles. The zero-order chi connectivity index (χ0) is 35.3. The second kappa shape index (κ2) is 14.8. The van der Waals surface area contributed by atoms with Crippen LogP contribution in [0.15, 0.2) is 188 Å². The number of fused-ring (bicyclic) bond motifs is 4. The van der Waals surface area contributed by atoms with Gasteiger partial charge in [0.15, 0.2) is 0 Å². The van der Waals surface area contributed by atoms with Crippen molar-refractivity contribution in [1.82, 2.24) is 4.57 Å². The lowest BCUT2D eigenvalue weighted by Crippen LogP contribution is -1.97. The number of hydrogen-bond donors (Lipinski definition) is 1. The summed E-state index contributed by atoms with van der Waals surface area (Å²) in [6.45, 7) is 16.5. The molecule has 7 rings (SSSR count).